The van der Waals surface area contributed by atoms with E-state index in [0.29, 0.717) is 17.6 Å². The number of halogens is 1. The maximum absolute atomic E-state index is 13.4. The molecule has 8 heteroatoms. The molecule has 0 unspecified atom stereocenters. The molecule has 1 amide bonds. The molecule has 5 rings (SSSR count). The van der Waals surface area contributed by atoms with Crippen LogP contribution in [0.3, 0.4) is 0 Å². The number of carbonyl (C=O) groups excluding carboxylic acids is 1. The lowest BCUT2D eigenvalue weighted by molar-refractivity contribution is -0.119. The molecule has 166 valence electrons. The van der Waals surface area contributed by atoms with Crippen LogP contribution < -0.4 is 10.1 Å². The van der Waals surface area contributed by atoms with Crippen molar-refractivity contribution >= 4 is 17.7 Å². The Kier molecular flexibility index (Phi) is 6.08. The zero-order valence-corrected chi connectivity index (χ0v) is 18.5. The third kappa shape index (κ3) is 4.61. The molecule has 6 nitrogen and oxygen atoms in total. The van der Waals surface area contributed by atoms with Crippen LogP contribution in [0.4, 0.5) is 4.39 Å². The van der Waals surface area contributed by atoms with E-state index in [1.54, 1.807) is 12.1 Å². The summed E-state index contributed by atoms with van der Waals surface area (Å²) in [6, 6.07) is 23.5. The van der Waals surface area contributed by atoms with Crippen molar-refractivity contribution in [3.63, 3.8) is 0 Å². The average Bonchev–Trinajstić information content (AvgIpc) is 3.28. The zero-order valence-electron chi connectivity index (χ0n) is 17.6. The van der Waals surface area contributed by atoms with Crippen LogP contribution in [-0.2, 0) is 4.79 Å². The Balaban J connectivity index is 1.36. The Morgan fingerprint density at radius 3 is 2.61 bits per heavy atom. The number of ether oxygens (including phenoxy) is 1. The number of rotatable bonds is 6. The number of carbonyl (C=O) groups is 1. The van der Waals surface area contributed by atoms with Gasteiger partial charge in [-0.2, -0.15) is 0 Å². The number of nitrogens with zero attached hydrogens (tertiary/aromatic N) is 3. The first-order valence-electron chi connectivity index (χ1n) is 10.6. The van der Waals surface area contributed by atoms with Gasteiger partial charge in [-0.15, -0.1) is 10.2 Å². The number of hydrogen-bond acceptors (Lipinski definition) is 5. The molecule has 0 bridgehead atoms. The Labute approximate surface area is 194 Å². The summed E-state index contributed by atoms with van der Waals surface area (Å²) in [6.07, 6.45) is 0.725. The van der Waals surface area contributed by atoms with Crippen molar-refractivity contribution in [3.8, 4) is 22.8 Å². The van der Waals surface area contributed by atoms with Gasteiger partial charge in [0.05, 0.1) is 18.4 Å². The number of para-hydroxylation sites is 2. The lowest BCUT2D eigenvalue weighted by Gasteiger charge is -2.26. The van der Waals surface area contributed by atoms with Crippen LogP contribution in [0.15, 0.2) is 84.0 Å². The maximum Gasteiger partial charge on any atom is 0.230 e. The molecular weight excluding hydrogens is 439 g/mol. The fourth-order valence-electron chi connectivity index (χ4n) is 3.82. The van der Waals surface area contributed by atoms with Gasteiger partial charge in [-0.1, -0.05) is 48.2 Å². The lowest BCUT2D eigenvalue weighted by Crippen LogP contribution is -2.33. The predicted molar refractivity (Wildman–Crippen MR) is 125 cm³/mol. The Hall–Kier alpha value is -3.65. The Bertz CT molecular complexity index is 1260. The Morgan fingerprint density at radius 1 is 1.03 bits per heavy atom. The minimum atomic E-state index is -0.314. The highest BCUT2D eigenvalue weighted by Crippen LogP contribution is 2.32. The molecule has 0 radical (unpaired) electrons. The molecule has 0 saturated heterocycles. The second kappa shape index (κ2) is 9.46. The van der Waals surface area contributed by atoms with Gasteiger partial charge in [0.15, 0.2) is 11.0 Å². The molecule has 0 saturated carbocycles. The van der Waals surface area contributed by atoms with Crippen molar-refractivity contribution in [3.05, 3.63) is 90.2 Å². The fourth-order valence-corrected chi connectivity index (χ4v) is 4.58. The molecular formula is C25H21FN4O2S. The first kappa shape index (κ1) is 21.2. The Morgan fingerprint density at radius 2 is 1.79 bits per heavy atom. The highest BCUT2D eigenvalue weighted by molar-refractivity contribution is 7.99. The lowest BCUT2D eigenvalue weighted by atomic mass is 10.0. The number of hydrogen-bond donors (Lipinski definition) is 1. The smallest absolute Gasteiger partial charge is 0.230 e. The van der Waals surface area contributed by atoms with Gasteiger partial charge in [-0.3, -0.25) is 9.36 Å². The molecule has 1 aromatic heterocycles. The number of benzene rings is 3. The molecule has 3 aromatic carbocycles. The van der Waals surface area contributed by atoms with E-state index in [1.807, 2.05) is 59.2 Å². The van der Waals surface area contributed by atoms with Crippen molar-refractivity contribution < 1.29 is 13.9 Å². The van der Waals surface area contributed by atoms with E-state index in [9.17, 15) is 9.18 Å². The third-order valence-corrected chi connectivity index (χ3v) is 6.31. The molecule has 4 aromatic rings. The zero-order chi connectivity index (χ0) is 22.6. The van der Waals surface area contributed by atoms with E-state index >= 15 is 0 Å². The molecule has 1 aliphatic rings. The van der Waals surface area contributed by atoms with E-state index in [2.05, 4.69) is 15.5 Å². The largest absolute Gasteiger partial charge is 0.493 e. The minimum Gasteiger partial charge on any atom is -0.493 e. The van der Waals surface area contributed by atoms with Crippen LogP contribution in [0.25, 0.3) is 17.1 Å². The standard InChI is InChI=1S/C25H21FN4O2S/c26-18-12-10-17(11-13-18)24-28-29-25(30(24)19-6-2-1-3-7-19)33-16-23(31)27-21-14-15-32-22-9-5-4-8-20(21)22/h1-13,21H,14-16H2,(H,27,31)/t21-/m1/s1. The SMILES string of the molecule is O=C(CSc1nnc(-c2ccc(F)cc2)n1-c1ccccc1)N[C@@H]1CCOc2ccccc21. The van der Waals surface area contributed by atoms with Crippen LogP contribution in [0.1, 0.15) is 18.0 Å². The second-order valence-corrected chi connectivity index (χ2v) is 8.51. The molecule has 2 heterocycles. The van der Waals surface area contributed by atoms with Gasteiger partial charge in [0.1, 0.15) is 11.6 Å². The van der Waals surface area contributed by atoms with E-state index in [0.717, 1.165) is 29.0 Å². The van der Waals surface area contributed by atoms with Gasteiger partial charge in [0, 0.05) is 23.2 Å². The van der Waals surface area contributed by atoms with Crippen LogP contribution in [0, 0.1) is 5.82 Å². The van der Waals surface area contributed by atoms with Crippen molar-refractivity contribution in [2.45, 2.75) is 17.6 Å². The third-order valence-electron chi connectivity index (χ3n) is 5.38. The van der Waals surface area contributed by atoms with Crippen molar-refractivity contribution in [2.75, 3.05) is 12.4 Å². The quantitative estimate of drug-likeness (QED) is 0.419. The summed E-state index contributed by atoms with van der Waals surface area (Å²) in [5.41, 5.74) is 2.60. The summed E-state index contributed by atoms with van der Waals surface area (Å²) in [5, 5.41) is 12.4. The second-order valence-electron chi connectivity index (χ2n) is 7.57. The highest BCUT2D eigenvalue weighted by Gasteiger charge is 2.23. The van der Waals surface area contributed by atoms with Crippen LogP contribution in [0.5, 0.6) is 5.75 Å². The van der Waals surface area contributed by atoms with E-state index < -0.39 is 0 Å². The monoisotopic (exact) mass is 460 g/mol. The van der Waals surface area contributed by atoms with Gasteiger partial charge < -0.3 is 10.1 Å². The number of aromatic nitrogens is 3. The molecule has 33 heavy (non-hydrogen) atoms. The van der Waals surface area contributed by atoms with Gasteiger partial charge in [-0.25, -0.2) is 4.39 Å². The summed E-state index contributed by atoms with van der Waals surface area (Å²) < 4.78 is 21.0. The normalized spacial score (nSPS) is 14.9. The van der Waals surface area contributed by atoms with Gasteiger partial charge in [-0.05, 0) is 42.5 Å². The number of thioether (sulfide) groups is 1. The van der Waals surface area contributed by atoms with Crippen LogP contribution >= 0.6 is 11.8 Å². The summed E-state index contributed by atoms with van der Waals surface area (Å²) >= 11 is 1.31. The minimum absolute atomic E-state index is 0.0789. The van der Waals surface area contributed by atoms with E-state index in [4.69, 9.17) is 4.74 Å². The van der Waals surface area contributed by atoms with Crippen molar-refractivity contribution in [1.29, 1.82) is 0 Å². The van der Waals surface area contributed by atoms with Crippen molar-refractivity contribution in [1.82, 2.24) is 20.1 Å². The van der Waals surface area contributed by atoms with E-state index in [-0.39, 0.29) is 23.5 Å². The van der Waals surface area contributed by atoms with Gasteiger partial charge in [0.25, 0.3) is 0 Å². The summed E-state index contributed by atoms with van der Waals surface area (Å²) in [4.78, 5) is 12.8. The molecule has 1 atom stereocenters. The number of nitrogens with one attached hydrogen (secondary N) is 1. The summed E-state index contributed by atoms with van der Waals surface area (Å²) in [6.45, 7) is 0.568. The molecule has 0 fully saturated rings. The van der Waals surface area contributed by atoms with Crippen LogP contribution in [-0.4, -0.2) is 33.0 Å². The van der Waals surface area contributed by atoms with Gasteiger partial charge in [0.2, 0.25) is 5.91 Å². The first-order chi connectivity index (χ1) is 16.2. The average molecular weight is 461 g/mol. The molecule has 1 N–H and O–H groups in total. The predicted octanol–water partition coefficient (Wildman–Crippen LogP) is 4.81. The topological polar surface area (TPSA) is 69.0 Å². The first-order valence-corrected chi connectivity index (χ1v) is 11.6. The number of amides is 1. The molecule has 1 aliphatic heterocycles. The number of fused-ring (bicyclic) bond motifs is 1. The maximum atomic E-state index is 13.4. The summed E-state index contributed by atoms with van der Waals surface area (Å²) in [7, 11) is 0. The van der Waals surface area contributed by atoms with E-state index in [1.165, 1.54) is 23.9 Å². The fraction of sp³-hybridized carbons (Fsp3) is 0.160. The van der Waals surface area contributed by atoms with Gasteiger partial charge >= 0.3 is 0 Å². The van der Waals surface area contributed by atoms with Crippen molar-refractivity contribution in [2.24, 2.45) is 0 Å². The molecule has 0 aliphatic carbocycles. The molecule has 0 spiro atoms. The van der Waals surface area contributed by atoms with Crippen LogP contribution in [0.2, 0.25) is 0 Å². The summed E-state index contributed by atoms with van der Waals surface area (Å²) in [5.74, 6) is 1.18. The highest BCUT2D eigenvalue weighted by atomic mass is 32.2.